The summed E-state index contributed by atoms with van der Waals surface area (Å²) in [7, 11) is 1.62. The van der Waals surface area contributed by atoms with Crippen LogP contribution in [-0.2, 0) is 4.79 Å². The summed E-state index contributed by atoms with van der Waals surface area (Å²) in [6.45, 7) is 2.76. The minimum absolute atomic E-state index is 0.0351. The molecule has 1 atom stereocenters. The Morgan fingerprint density at radius 3 is 3.00 bits per heavy atom. The van der Waals surface area contributed by atoms with E-state index in [1.54, 1.807) is 24.2 Å². The Hall–Kier alpha value is -1.81. The number of benzene rings is 1. The highest BCUT2D eigenvalue weighted by atomic mass is 16.5. The summed E-state index contributed by atoms with van der Waals surface area (Å²) in [5, 5.41) is 9.38. The van der Waals surface area contributed by atoms with Crippen molar-refractivity contribution in [3.05, 3.63) is 35.4 Å². The van der Waals surface area contributed by atoms with E-state index in [9.17, 15) is 9.90 Å². The topological polar surface area (TPSA) is 49.8 Å². The van der Waals surface area contributed by atoms with Crippen LogP contribution >= 0.6 is 0 Å². The van der Waals surface area contributed by atoms with Gasteiger partial charge in [0, 0.05) is 18.2 Å². The molecule has 0 aliphatic carbocycles. The van der Waals surface area contributed by atoms with Crippen molar-refractivity contribution in [2.75, 3.05) is 20.3 Å². The van der Waals surface area contributed by atoms with Gasteiger partial charge in [-0.15, -0.1) is 0 Å². The van der Waals surface area contributed by atoms with Crippen LogP contribution in [0.15, 0.2) is 24.3 Å². The zero-order valence-corrected chi connectivity index (χ0v) is 12.7. The number of ether oxygens (including phenoxy) is 1. The van der Waals surface area contributed by atoms with E-state index >= 15 is 0 Å². The Bertz CT molecular complexity index is 525. The van der Waals surface area contributed by atoms with E-state index in [1.165, 1.54) is 0 Å². The van der Waals surface area contributed by atoms with Crippen molar-refractivity contribution in [3.8, 4) is 5.75 Å². The van der Waals surface area contributed by atoms with Gasteiger partial charge in [0.25, 0.3) is 0 Å². The fourth-order valence-corrected chi connectivity index (χ4v) is 2.72. The molecule has 1 unspecified atom stereocenters. The molecule has 0 aromatic heterocycles. The molecule has 0 radical (unpaired) electrons. The number of carbonyl (C=O) groups is 1. The minimum atomic E-state index is -0.0460. The van der Waals surface area contributed by atoms with Crippen molar-refractivity contribution in [3.63, 3.8) is 0 Å². The number of amides is 1. The van der Waals surface area contributed by atoms with Crippen molar-refractivity contribution >= 4 is 12.0 Å². The second kappa shape index (κ2) is 7.27. The maximum absolute atomic E-state index is 12.3. The van der Waals surface area contributed by atoms with Crippen molar-refractivity contribution in [2.45, 2.75) is 32.2 Å². The standard InChI is InChI=1S/C17H23NO3/c1-13-6-8-16(21-2)14(11-13)7-9-17(20)18-10-4-3-5-15(18)12-19/h6-9,11,15,19H,3-5,10,12H2,1-2H3/b9-7+. The lowest BCUT2D eigenvalue weighted by Gasteiger charge is -2.33. The first kappa shape index (κ1) is 15.6. The van der Waals surface area contributed by atoms with E-state index < -0.39 is 0 Å². The average molecular weight is 289 g/mol. The van der Waals surface area contributed by atoms with E-state index in [0.717, 1.165) is 42.7 Å². The first-order chi connectivity index (χ1) is 10.2. The second-order valence-electron chi connectivity index (χ2n) is 5.44. The van der Waals surface area contributed by atoms with Gasteiger partial charge in [0.15, 0.2) is 0 Å². The van der Waals surface area contributed by atoms with Crippen molar-refractivity contribution in [1.82, 2.24) is 4.90 Å². The highest BCUT2D eigenvalue weighted by Crippen LogP contribution is 2.22. The van der Waals surface area contributed by atoms with E-state index in [4.69, 9.17) is 4.74 Å². The SMILES string of the molecule is COc1ccc(C)cc1/C=C/C(=O)N1CCCCC1CO. The third kappa shape index (κ3) is 3.85. The molecule has 2 rings (SSSR count). The molecule has 4 heteroatoms. The Balaban J connectivity index is 2.13. The maximum atomic E-state index is 12.3. The molecule has 21 heavy (non-hydrogen) atoms. The number of hydrogen-bond donors (Lipinski definition) is 1. The Labute approximate surface area is 126 Å². The van der Waals surface area contributed by atoms with Gasteiger partial charge in [-0.05, 0) is 44.4 Å². The summed E-state index contributed by atoms with van der Waals surface area (Å²) in [4.78, 5) is 14.1. The molecular formula is C17H23NO3. The van der Waals surface area contributed by atoms with E-state index in [-0.39, 0.29) is 18.6 Å². The molecule has 4 nitrogen and oxygen atoms in total. The molecule has 1 aliphatic rings. The average Bonchev–Trinajstić information content (AvgIpc) is 2.52. The van der Waals surface area contributed by atoms with Gasteiger partial charge < -0.3 is 14.7 Å². The normalized spacial score (nSPS) is 19.0. The highest BCUT2D eigenvalue weighted by molar-refractivity contribution is 5.92. The third-order valence-electron chi connectivity index (χ3n) is 3.91. The van der Waals surface area contributed by atoms with Crippen LogP contribution in [-0.4, -0.2) is 42.2 Å². The van der Waals surface area contributed by atoms with E-state index in [2.05, 4.69) is 0 Å². The van der Waals surface area contributed by atoms with E-state index in [1.807, 2.05) is 25.1 Å². The Kier molecular flexibility index (Phi) is 5.39. The first-order valence-electron chi connectivity index (χ1n) is 7.40. The third-order valence-corrected chi connectivity index (χ3v) is 3.91. The molecule has 0 bridgehead atoms. The van der Waals surface area contributed by atoms with Crippen LogP contribution in [0.4, 0.5) is 0 Å². The number of carbonyl (C=O) groups excluding carboxylic acids is 1. The van der Waals surface area contributed by atoms with Crippen LogP contribution in [0.3, 0.4) is 0 Å². The molecule has 1 heterocycles. The van der Waals surface area contributed by atoms with E-state index in [0.29, 0.717) is 0 Å². The molecule has 1 aliphatic heterocycles. The van der Waals surface area contributed by atoms with Crippen LogP contribution in [0.25, 0.3) is 6.08 Å². The predicted molar refractivity (Wildman–Crippen MR) is 83.2 cm³/mol. The lowest BCUT2D eigenvalue weighted by molar-refractivity contribution is -0.130. The summed E-state index contributed by atoms with van der Waals surface area (Å²) < 4.78 is 5.30. The largest absolute Gasteiger partial charge is 0.496 e. The Morgan fingerprint density at radius 1 is 1.48 bits per heavy atom. The number of likely N-dealkylation sites (tertiary alicyclic amines) is 1. The predicted octanol–water partition coefficient (Wildman–Crippen LogP) is 2.39. The van der Waals surface area contributed by atoms with Crippen LogP contribution in [0.2, 0.25) is 0 Å². The Morgan fingerprint density at radius 2 is 2.29 bits per heavy atom. The number of hydrogen-bond acceptors (Lipinski definition) is 3. The van der Waals surface area contributed by atoms with Crippen molar-refractivity contribution in [1.29, 1.82) is 0 Å². The summed E-state index contributed by atoms with van der Waals surface area (Å²) in [6, 6.07) is 5.82. The molecule has 1 fully saturated rings. The molecule has 0 spiro atoms. The van der Waals surface area contributed by atoms with Gasteiger partial charge in [-0.2, -0.15) is 0 Å². The molecule has 1 saturated heterocycles. The lowest BCUT2D eigenvalue weighted by atomic mass is 10.0. The van der Waals surface area contributed by atoms with Crippen LogP contribution in [0.5, 0.6) is 5.75 Å². The lowest BCUT2D eigenvalue weighted by Crippen LogP contribution is -2.44. The van der Waals surface area contributed by atoms with Gasteiger partial charge in [-0.25, -0.2) is 0 Å². The number of aliphatic hydroxyl groups excluding tert-OH is 1. The van der Waals surface area contributed by atoms with Gasteiger partial charge in [0.2, 0.25) is 5.91 Å². The number of aliphatic hydroxyl groups is 1. The zero-order valence-electron chi connectivity index (χ0n) is 12.7. The summed E-state index contributed by atoms with van der Waals surface area (Å²) in [5.74, 6) is 0.708. The molecule has 1 aromatic carbocycles. The number of nitrogens with zero attached hydrogens (tertiary/aromatic N) is 1. The number of rotatable bonds is 4. The van der Waals surface area contributed by atoms with Gasteiger partial charge in [0.1, 0.15) is 5.75 Å². The van der Waals surface area contributed by atoms with Crippen molar-refractivity contribution in [2.24, 2.45) is 0 Å². The maximum Gasteiger partial charge on any atom is 0.246 e. The molecule has 1 aromatic rings. The highest BCUT2D eigenvalue weighted by Gasteiger charge is 2.24. The number of aryl methyl sites for hydroxylation is 1. The molecular weight excluding hydrogens is 266 g/mol. The molecule has 114 valence electrons. The van der Waals surface area contributed by atoms with Crippen molar-refractivity contribution < 1.29 is 14.6 Å². The number of piperidine rings is 1. The summed E-state index contributed by atoms with van der Waals surface area (Å²) in [6.07, 6.45) is 6.32. The fourth-order valence-electron chi connectivity index (χ4n) is 2.72. The molecule has 0 saturated carbocycles. The minimum Gasteiger partial charge on any atom is -0.496 e. The quantitative estimate of drug-likeness (QED) is 0.866. The zero-order chi connectivity index (χ0) is 15.2. The van der Waals surface area contributed by atoms with Crippen LogP contribution in [0.1, 0.15) is 30.4 Å². The summed E-state index contributed by atoms with van der Waals surface area (Å²) >= 11 is 0. The first-order valence-corrected chi connectivity index (χ1v) is 7.40. The fraction of sp³-hybridized carbons (Fsp3) is 0.471. The summed E-state index contributed by atoms with van der Waals surface area (Å²) in [5.41, 5.74) is 2.01. The monoisotopic (exact) mass is 289 g/mol. The molecule has 1 amide bonds. The number of methoxy groups -OCH3 is 1. The van der Waals surface area contributed by atoms with Gasteiger partial charge in [-0.1, -0.05) is 11.6 Å². The van der Waals surface area contributed by atoms with Crippen LogP contribution in [0, 0.1) is 6.92 Å². The smallest absolute Gasteiger partial charge is 0.246 e. The molecule has 1 N–H and O–H groups in total. The van der Waals surface area contributed by atoms with Gasteiger partial charge in [-0.3, -0.25) is 4.79 Å². The van der Waals surface area contributed by atoms with Gasteiger partial charge in [0.05, 0.1) is 19.8 Å². The second-order valence-corrected chi connectivity index (χ2v) is 5.44. The van der Waals surface area contributed by atoms with Gasteiger partial charge >= 0.3 is 0 Å². The van der Waals surface area contributed by atoms with Crippen LogP contribution < -0.4 is 4.74 Å².